The maximum Gasteiger partial charge on any atom is 0.263 e. The molecule has 7 heterocycles. The van der Waals surface area contributed by atoms with Crippen LogP contribution in [0.5, 0.6) is 0 Å². The number of carbonyl (C=O) groups is 4. The van der Waals surface area contributed by atoms with E-state index >= 15 is 8.78 Å². The van der Waals surface area contributed by atoms with Gasteiger partial charge in [0.15, 0.2) is 11.6 Å². The second-order valence-corrected chi connectivity index (χ2v) is 17.0. The molecule has 4 aromatic rings. The first-order valence-corrected chi connectivity index (χ1v) is 21.4. The fraction of sp³-hybridized carbons (Fsp3) is 0.500. The summed E-state index contributed by atoms with van der Waals surface area (Å²) in [6, 6.07) is 4.29. The maximum absolute atomic E-state index is 15.9. The Morgan fingerprint density at radius 2 is 1.56 bits per heavy atom. The van der Waals surface area contributed by atoms with Gasteiger partial charge in [0.25, 0.3) is 11.5 Å². The molecule has 5 aliphatic rings. The molecular weight excluding hydrogens is 787 g/mol. The van der Waals surface area contributed by atoms with Gasteiger partial charge in [0.1, 0.15) is 29.0 Å². The molecule has 1 atom stereocenters. The van der Waals surface area contributed by atoms with Crippen LogP contribution in [0.3, 0.4) is 0 Å². The summed E-state index contributed by atoms with van der Waals surface area (Å²) < 4.78 is 33.1. The first-order valence-electron chi connectivity index (χ1n) is 21.4. The van der Waals surface area contributed by atoms with E-state index in [0.717, 1.165) is 87.8 Å². The number of rotatable bonds is 10. The van der Waals surface area contributed by atoms with E-state index in [1.807, 2.05) is 12.3 Å². The van der Waals surface area contributed by atoms with Crippen molar-refractivity contribution >= 4 is 45.9 Å². The molecule has 0 bridgehead atoms. The largest absolute Gasteiger partial charge is 0.368 e. The van der Waals surface area contributed by atoms with Crippen molar-refractivity contribution in [3.8, 4) is 0 Å². The zero-order valence-electron chi connectivity index (χ0n) is 34.6. The van der Waals surface area contributed by atoms with Crippen LogP contribution in [0.4, 0.5) is 20.2 Å². The van der Waals surface area contributed by atoms with E-state index < -0.39 is 35.4 Å². The number of benzene rings is 1. The smallest absolute Gasteiger partial charge is 0.263 e. The quantitative estimate of drug-likeness (QED) is 0.184. The number of hydrogen-bond donors (Lipinski definition) is 1. The number of piperidine rings is 1. The number of hydrogen-bond acceptors (Lipinski definition) is 12. The lowest BCUT2D eigenvalue weighted by atomic mass is 10.0. The Morgan fingerprint density at radius 3 is 2.20 bits per heavy atom. The van der Waals surface area contributed by atoms with Crippen molar-refractivity contribution in [2.24, 2.45) is 0 Å². The molecule has 320 valence electrons. The molecule has 1 unspecified atom stereocenters. The van der Waals surface area contributed by atoms with E-state index in [4.69, 9.17) is 9.97 Å². The molecular formula is C44H50F2N10O5. The van der Waals surface area contributed by atoms with Gasteiger partial charge in [0, 0.05) is 101 Å². The molecule has 0 spiro atoms. The molecule has 3 saturated heterocycles. The summed E-state index contributed by atoms with van der Waals surface area (Å²) in [5.74, 6) is -2.83. The van der Waals surface area contributed by atoms with E-state index in [1.165, 1.54) is 11.8 Å². The highest BCUT2D eigenvalue weighted by Crippen LogP contribution is 2.36. The minimum Gasteiger partial charge on any atom is -0.368 e. The van der Waals surface area contributed by atoms with Crippen molar-refractivity contribution < 1.29 is 28.0 Å². The molecule has 3 amide bonds. The van der Waals surface area contributed by atoms with Crippen molar-refractivity contribution in [3.63, 3.8) is 0 Å². The van der Waals surface area contributed by atoms with Crippen LogP contribution in [0.15, 0.2) is 35.4 Å². The lowest BCUT2D eigenvalue weighted by molar-refractivity contribution is -0.136. The first-order chi connectivity index (χ1) is 29.4. The van der Waals surface area contributed by atoms with Gasteiger partial charge in [-0.25, -0.2) is 18.7 Å². The molecule has 4 fully saturated rings. The molecule has 1 aliphatic carbocycles. The third kappa shape index (κ3) is 7.77. The van der Waals surface area contributed by atoms with Gasteiger partial charge in [-0.3, -0.25) is 48.6 Å². The summed E-state index contributed by atoms with van der Waals surface area (Å²) in [5, 5.41) is 2.96. The fourth-order valence-electron chi connectivity index (χ4n) is 9.86. The topological polar surface area (TPSA) is 157 Å². The van der Waals surface area contributed by atoms with Crippen LogP contribution in [0.2, 0.25) is 0 Å². The van der Waals surface area contributed by atoms with Crippen LogP contribution < -0.4 is 20.7 Å². The number of carbonyl (C=O) groups excluding carboxylic acids is 4. The minimum absolute atomic E-state index is 0.0202. The van der Waals surface area contributed by atoms with Gasteiger partial charge >= 0.3 is 0 Å². The van der Waals surface area contributed by atoms with E-state index in [0.29, 0.717) is 49.6 Å². The van der Waals surface area contributed by atoms with Gasteiger partial charge in [0.2, 0.25) is 11.8 Å². The van der Waals surface area contributed by atoms with Gasteiger partial charge in [-0.15, -0.1) is 0 Å². The summed E-state index contributed by atoms with van der Waals surface area (Å²) >= 11 is 0. The molecule has 1 saturated carbocycles. The lowest BCUT2D eigenvalue weighted by Crippen LogP contribution is -2.52. The number of anilines is 2. The standard InChI is InChI=1S/C44H50F2N10O5/c1-26-32-24-48-36(49-41(32)56(29-5-3-4-6-29)44(61)38(26)27(2)57)21-28-7-8-30(23-47-28)53-17-13-51(14-18-53)11-12-52-15-19-54(20-16-52)40-34(45)22-31-33(39(40)46)25-55(43(31)60)35-9-10-37(58)50-42(35)59/h7-8,22-24,29,35H,3-6,9-21,25H2,1-2H3,(H,50,58,59). The summed E-state index contributed by atoms with van der Waals surface area (Å²) in [7, 11) is 0. The number of ketones is 1. The van der Waals surface area contributed by atoms with Crippen molar-refractivity contribution in [2.75, 3.05) is 75.2 Å². The maximum atomic E-state index is 15.9. The predicted octanol–water partition coefficient (Wildman–Crippen LogP) is 3.39. The van der Waals surface area contributed by atoms with E-state index in [1.54, 1.807) is 22.6 Å². The van der Waals surface area contributed by atoms with Gasteiger partial charge in [0.05, 0.1) is 36.0 Å². The molecule has 15 nitrogen and oxygen atoms in total. The highest BCUT2D eigenvalue weighted by Gasteiger charge is 2.42. The molecule has 3 aromatic heterocycles. The Morgan fingerprint density at radius 1 is 0.869 bits per heavy atom. The van der Waals surface area contributed by atoms with Crippen LogP contribution in [0.25, 0.3) is 11.0 Å². The van der Waals surface area contributed by atoms with Crippen molar-refractivity contribution in [3.05, 3.63) is 86.4 Å². The summed E-state index contributed by atoms with van der Waals surface area (Å²) in [5.41, 5.74) is 2.92. The van der Waals surface area contributed by atoms with Crippen LogP contribution in [-0.4, -0.2) is 129 Å². The van der Waals surface area contributed by atoms with Crippen LogP contribution >= 0.6 is 0 Å². The Balaban J connectivity index is 0.762. The number of fused-ring (bicyclic) bond motifs is 2. The second-order valence-electron chi connectivity index (χ2n) is 17.0. The number of Topliss-reactive ketones (excluding diaryl/α,β-unsaturated/α-hetero) is 1. The highest BCUT2D eigenvalue weighted by atomic mass is 19.1. The lowest BCUT2D eigenvalue weighted by Gasteiger charge is -2.39. The number of imide groups is 1. The third-order valence-electron chi connectivity index (χ3n) is 13.3. The molecule has 9 rings (SSSR count). The van der Waals surface area contributed by atoms with Crippen molar-refractivity contribution in [1.82, 2.24) is 39.5 Å². The predicted molar refractivity (Wildman–Crippen MR) is 223 cm³/mol. The van der Waals surface area contributed by atoms with E-state index in [9.17, 15) is 24.0 Å². The first kappa shape index (κ1) is 40.7. The number of nitrogens with one attached hydrogen (secondary N) is 1. The van der Waals surface area contributed by atoms with E-state index in [2.05, 4.69) is 31.1 Å². The SMILES string of the molecule is CC(=O)c1c(C)c2cnc(Cc3ccc(N4CCN(CCN5CCN(c6c(F)cc7c(c6F)CN(C6CCC(=O)NC6=O)C7=O)CC5)CC4)cn3)nc2n(C2CCCC2)c1=O. The zero-order chi connectivity index (χ0) is 42.5. The van der Waals surface area contributed by atoms with Crippen LogP contribution in [0.1, 0.15) is 94.9 Å². The Bertz CT molecular complexity index is 2470. The number of pyridine rings is 2. The second kappa shape index (κ2) is 16.6. The van der Waals surface area contributed by atoms with Crippen molar-refractivity contribution in [2.45, 2.75) is 77.4 Å². The average Bonchev–Trinajstić information content (AvgIpc) is 3.89. The number of nitrogens with zero attached hydrogens (tertiary/aromatic N) is 9. The Kier molecular flexibility index (Phi) is 11.1. The van der Waals surface area contributed by atoms with Gasteiger partial charge in [-0.1, -0.05) is 12.8 Å². The fourth-order valence-corrected chi connectivity index (χ4v) is 9.86. The number of aryl methyl sites for hydroxylation is 1. The number of halogens is 2. The van der Waals surface area contributed by atoms with Crippen LogP contribution in [-0.2, 0) is 22.6 Å². The summed E-state index contributed by atoms with van der Waals surface area (Å²) in [6.45, 7) is 10.4. The number of amides is 3. The third-order valence-corrected chi connectivity index (χ3v) is 13.3. The zero-order valence-corrected chi connectivity index (χ0v) is 34.6. The monoisotopic (exact) mass is 836 g/mol. The van der Waals surface area contributed by atoms with Crippen molar-refractivity contribution in [1.29, 1.82) is 0 Å². The number of aromatic nitrogens is 4. The normalized spacial score (nSPS) is 20.6. The van der Waals surface area contributed by atoms with Crippen LogP contribution in [0, 0.1) is 18.6 Å². The highest BCUT2D eigenvalue weighted by molar-refractivity contribution is 6.05. The molecule has 1 N–H and O–H groups in total. The molecule has 4 aliphatic heterocycles. The summed E-state index contributed by atoms with van der Waals surface area (Å²) in [6.07, 6.45) is 8.13. The molecule has 61 heavy (non-hydrogen) atoms. The molecule has 17 heteroatoms. The number of piperazine rings is 2. The van der Waals surface area contributed by atoms with E-state index in [-0.39, 0.29) is 59.1 Å². The minimum atomic E-state index is -0.899. The Labute approximate surface area is 351 Å². The van der Waals surface area contributed by atoms with Gasteiger partial charge in [-0.2, -0.15) is 0 Å². The van der Waals surface area contributed by atoms with Gasteiger partial charge < -0.3 is 14.7 Å². The molecule has 0 radical (unpaired) electrons. The average molecular weight is 837 g/mol. The Hall–Kier alpha value is -5.68. The summed E-state index contributed by atoms with van der Waals surface area (Å²) in [4.78, 5) is 87.5. The molecule has 1 aromatic carbocycles. The van der Waals surface area contributed by atoms with Gasteiger partial charge in [-0.05, 0) is 56.9 Å².